The Bertz CT molecular complexity index is 2100. The number of H-pyrrole nitrogens is 1. The number of benzene rings is 4. The van der Waals surface area contributed by atoms with E-state index in [1.54, 1.807) is 19.1 Å². The molecule has 0 atom stereocenters. The van der Waals surface area contributed by atoms with Gasteiger partial charge in [-0.15, -0.1) is 0 Å². The van der Waals surface area contributed by atoms with Crippen molar-refractivity contribution in [1.82, 2.24) is 10.3 Å². The van der Waals surface area contributed by atoms with Crippen LogP contribution in [0.25, 0.3) is 55.6 Å². The highest BCUT2D eigenvalue weighted by Crippen LogP contribution is 2.42. The number of hydrogen-bond donors (Lipinski definition) is 3. The lowest BCUT2D eigenvalue weighted by Gasteiger charge is -2.14. The van der Waals surface area contributed by atoms with Gasteiger partial charge in [-0.25, -0.2) is 12.8 Å². The molecule has 1 amide bonds. The normalized spacial score (nSPS) is 11.7. The molecule has 212 valence electrons. The van der Waals surface area contributed by atoms with Crippen molar-refractivity contribution in [1.29, 1.82) is 0 Å². The highest BCUT2D eigenvalue weighted by Gasteiger charge is 2.25. The van der Waals surface area contributed by atoms with Gasteiger partial charge in [0.15, 0.2) is 0 Å². The number of carbonyl (C=O) groups is 1. The Labute approximate surface area is 249 Å². The minimum Gasteiger partial charge on any atom is -0.455 e. The molecule has 2 heterocycles. The lowest BCUT2D eigenvalue weighted by Crippen LogP contribution is -2.18. The summed E-state index contributed by atoms with van der Waals surface area (Å²) >= 11 is 3.73. The number of aromatic nitrogens is 1. The fraction of sp³-hybridized carbons (Fsp3) is 0.0938. The van der Waals surface area contributed by atoms with E-state index in [0.717, 1.165) is 32.2 Å². The highest BCUT2D eigenvalue weighted by molar-refractivity contribution is 9.10. The maximum absolute atomic E-state index is 13.7. The third kappa shape index (κ3) is 4.97. The van der Waals surface area contributed by atoms with E-state index in [-0.39, 0.29) is 17.1 Å². The van der Waals surface area contributed by atoms with Gasteiger partial charge in [0.1, 0.15) is 17.2 Å². The van der Waals surface area contributed by atoms with Crippen molar-refractivity contribution in [2.24, 2.45) is 0 Å². The molecule has 0 unspecified atom stereocenters. The number of rotatable bonds is 7. The Hall–Kier alpha value is -4.41. The number of anilines is 1. The zero-order valence-electron chi connectivity index (χ0n) is 22.6. The number of nitrogens with one attached hydrogen (secondary N) is 3. The van der Waals surface area contributed by atoms with Crippen molar-refractivity contribution in [2.45, 2.75) is 6.92 Å². The van der Waals surface area contributed by atoms with Crippen molar-refractivity contribution in [3.05, 3.63) is 101 Å². The maximum atomic E-state index is 13.7. The van der Waals surface area contributed by atoms with Crippen LogP contribution in [0.4, 0.5) is 10.1 Å². The zero-order valence-corrected chi connectivity index (χ0v) is 25.0. The Balaban J connectivity index is 1.59. The van der Waals surface area contributed by atoms with E-state index in [9.17, 15) is 17.6 Å². The molecule has 0 radical (unpaired) electrons. The lowest BCUT2D eigenvalue weighted by molar-refractivity contribution is 0.0964. The van der Waals surface area contributed by atoms with Gasteiger partial charge in [0.2, 0.25) is 10.0 Å². The van der Waals surface area contributed by atoms with Gasteiger partial charge in [-0.05, 0) is 76.4 Å². The number of sulfonamides is 1. The quantitative estimate of drug-likeness (QED) is 0.164. The molecule has 3 N–H and O–H groups in total. The first-order valence-electron chi connectivity index (χ1n) is 13.1. The van der Waals surface area contributed by atoms with E-state index in [1.165, 1.54) is 31.3 Å². The average molecular weight is 647 g/mol. The number of furan rings is 1. The molecule has 6 rings (SSSR count). The van der Waals surface area contributed by atoms with Crippen molar-refractivity contribution >= 4 is 59.4 Å². The van der Waals surface area contributed by atoms with Gasteiger partial charge in [-0.2, -0.15) is 0 Å². The second kappa shape index (κ2) is 10.8. The molecule has 0 saturated heterocycles. The van der Waals surface area contributed by atoms with Crippen LogP contribution in [0, 0.1) is 5.82 Å². The van der Waals surface area contributed by atoms with E-state index in [0.29, 0.717) is 27.8 Å². The minimum atomic E-state index is -3.67. The van der Waals surface area contributed by atoms with Crippen LogP contribution < -0.4 is 10.0 Å². The number of halogens is 2. The first-order valence-corrected chi connectivity index (χ1v) is 15.6. The summed E-state index contributed by atoms with van der Waals surface area (Å²) in [4.78, 5) is 16.6. The standard InChI is InChI=1S/C32H25BrFN3O4S/c1-3-42(39,40)37-26-17-27-24(28(32(38)35-2)31(41-27)18-11-13-21(34)14-12-18)16-23(26)19-7-6-8-20(15-19)30-29(33)22-9-4-5-10-25(22)36-30/h4-17,36-37H,3H2,1-2H3,(H,35,38). The fourth-order valence-corrected chi connectivity index (χ4v) is 6.33. The number of para-hydroxylation sites is 1. The molecule has 10 heteroatoms. The van der Waals surface area contributed by atoms with Crippen LogP contribution in [0.2, 0.25) is 0 Å². The third-order valence-electron chi connectivity index (χ3n) is 7.14. The molecular weight excluding hydrogens is 621 g/mol. The summed E-state index contributed by atoms with van der Waals surface area (Å²) in [5.41, 5.74) is 5.40. The Morgan fingerprint density at radius 2 is 1.67 bits per heavy atom. The molecule has 0 bridgehead atoms. The minimum absolute atomic E-state index is 0.130. The first-order chi connectivity index (χ1) is 20.2. The van der Waals surface area contributed by atoms with Crippen LogP contribution in [0.5, 0.6) is 0 Å². The molecule has 0 saturated carbocycles. The summed E-state index contributed by atoms with van der Waals surface area (Å²) in [5, 5.41) is 4.18. The van der Waals surface area contributed by atoms with E-state index < -0.39 is 21.7 Å². The maximum Gasteiger partial charge on any atom is 0.255 e. The zero-order chi connectivity index (χ0) is 29.6. The van der Waals surface area contributed by atoms with Gasteiger partial charge in [-0.1, -0.05) is 36.4 Å². The van der Waals surface area contributed by atoms with Gasteiger partial charge in [-0.3, -0.25) is 9.52 Å². The van der Waals surface area contributed by atoms with Crippen LogP contribution >= 0.6 is 15.9 Å². The van der Waals surface area contributed by atoms with Gasteiger partial charge < -0.3 is 14.7 Å². The molecule has 0 aliphatic heterocycles. The van der Waals surface area contributed by atoms with Crippen molar-refractivity contribution < 1.29 is 22.0 Å². The van der Waals surface area contributed by atoms with Crippen LogP contribution in [0.1, 0.15) is 17.3 Å². The topological polar surface area (TPSA) is 104 Å². The van der Waals surface area contributed by atoms with Crippen LogP contribution in [-0.4, -0.2) is 32.1 Å². The summed E-state index contributed by atoms with van der Waals surface area (Å²) in [5.74, 6) is -0.691. The smallest absolute Gasteiger partial charge is 0.255 e. The van der Waals surface area contributed by atoms with Crippen molar-refractivity contribution in [3.63, 3.8) is 0 Å². The molecule has 7 nitrogen and oxygen atoms in total. The molecule has 6 aromatic rings. The lowest BCUT2D eigenvalue weighted by atomic mass is 9.97. The monoisotopic (exact) mass is 645 g/mol. The van der Waals surface area contributed by atoms with Gasteiger partial charge in [0.25, 0.3) is 5.91 Å². The molecule has 0 fully saturated rings. The number of hydrogen-bond acceptors (Lipinski definition) is 4. The summed E-state index contributed by atoms with van der Waals surface area (Å²) in [6, 6.07) is 24.6. The van der Waals surface area contributed by atoms with Crippen LogP contribution in [0.3, 0.4) is 0 Å². The predicted octanol–water partition coefficient (Wildman–Crippen LogP) is 7.94. The van der Waals surface area contributed by atoms with Gasteiger partial charge in [0.05, 0.1) is 27.2 Å². The van der Waals surface area contributed by atoms with Gasteiger partial charge >= 0.3 is 0 Å². The average Bonchev–Trinajstić information content (AvgIpc) is 3.54. The van der Waals surface area contributed by atoms with Gasteiger partial charge in [0, 0.05) is 40.5 Å². The third-order valence-corrected chi connectivity index (χ3v) is 9.25. The summed E-state index contributed by atoms with van der Waals surface area (Å²) < 4.78 is 48.9. The van der Waals surface area contributed by atoms with E-state index >= 15 is 0 Å². The molecule has 0 aliphatic rings. The fourth-order valence-electron chi connectivity index (χ4n) is 5.01. The molecular formula is C32H25BrFN3O4S. The second-order valence-electron chi connectivity index (χ2n) is 9.73. The Kier molecular flexibility index (Phi) is 7.12. The second-order valence-corrected chi connectivity index (χ2v) is 12.5. The molecule has 4 aromatic carbocycles. The molecule has 0 spiro atoms. The van der Waals surface area contributed by atoms with E-state index in [2.05, 4.69) is 31.0 Å². The summed E-state index contributed by atoms with van der Waals surface area (Å²) in [7, 11) is -2.15. The SMILES string of the molecule is CCS(=O)(=O)Nc1cc2oc(-c3ccc(F)cc3)c(C(=O)NC)c2cc1-c1cccc(-c2[nH]c3ccccc3c2Br)c1. The predicted molar refractivity (Wildman–Crippen MR) is 169 cm³/mol. The molecule has 0 aliphatic carbocycles. The number of amides is 1. The molecule has 42 heavy (non-hydrogen) atoms. The summed E-state index contributed by atoms with van der Waals surface area (Å²) in [6.07, 6.45) is 0. The summed E-state index contributed by atoms with van der Waals surface area (Å²) in [6.45, 7) is 1.55. The number of fused-ring (bicyclic) bond motifs is 2. The Morgan fingerprint density at radius 1 is 0.929 bits per heavy atom. The largest absolute Gasteiger partial charge is 0.455 e. The number of aromatic amines is 1. The highest BCUT2D eigenvalue weighted by atomic mass is 79.9. The number of carbonyl (C=O) groups excluding carboxylic acids is 1. The van der Waals surface area contributed by atoms with E-state index in [1.807, 2.05) is 48.5 Å². The van der Waals surface area contributed by atoms with Crippen LogP contribution in [-0.2, 0) is 10.0 Å². The Morgan fingerprint density at radius 3 is 2.38 bits per heavy atom. The van der Waals surface area contributed by atoms with Crippen molar-refractivity contribution in [2.75, 3.05) is 17.5 Å². The molecule has 2 aromatic heterocycles. The van der Waals surface area contributed by atoms with E-state index in [4.69, 9.17) is 4.42 Å². The van der Waals surface area contributed by atoms with Crippen molar-refractivity contribution in [3.8, 4) is 33.7 Å². The first kappa shape index (κ1) is 27.7. The van der Waals surface area contributed by atoms with Crippen LogP contribution in [0.15, 0.2) is 93.8 Å².